The largest absolute Gasteiger partial charge is 0.469 e. The molecule has 100 valence electrons. The van der Waals surface area contributed by atoms with Crippen molar-refractivity contribution in [3.8, 4) is 0 Å². The summed E-state index contributed by atoms with van der Waals surface area (Å²) in [6.07, 6.45) is 1.88. The highest BCUT2D eigenvalue weighted by atomic mass is 16.5. The van der Waals surface area contributed by atoms with E-state index in [0.717, 1.165) is 18.2 Å². The van der Waals surface area contributed by atoms with E-state index in [-0.39, 0.29) is 5.97 Å². The number of hydrogen-bond donors (Lipinski definition) is 0. The molecular formula is C12H20N4O2. The van der Waals surface area contributed by atoms with Crippen molar-refractivity contribution >= 4 is 17.6 Å². The Morgan fingerprint density at radius 3 is 2.44 bits per heavy atom. The molecule has 18 heavy (non-hydrogen) atoms. The fraction of sp³-hybridized carbons (Fsp3) is 0.583. The molecule has 0 bridgehead atoms. The summed E-state index contributed by atoms with van der Waals surface area (Å²) in [7, 11) is 5.25. The molecule has 0 aliphatic rings. The van der Waals surface area contributed by atoms with Gasteiger partial charge in [-0.1, -0.05) is 0 Å². The van der Waals surface area contributed by atoms with Crippen LogP contribution in [-0.4, -0.2) is 50.2 Å². The van der Waals surface area contributed by atoms with Crippen LogP contribution in [0.1, 0.15) is 13.3 Å². The van der Waals surface area contributed by atoms with Crippen molar-refractivity contribution in [3.63, 3.8) is 0 Å². The molecule has 6 heteroatoms. The number of anilines is 2. The first-order valence-electron chi connectivity index (χ1n) is 5.89. The lowest BCUT2D eigenvalue weighted by atomic mass is 10.4. The summed E-state index contributed by atoms with van der Waals surface area (Å²) in [4.78, 5) is 23.4. The third kappa shape index (κ3) is 3.87. The van der Waals surface area contributed by atoms with Crippen LogP contribution in [0.2, 0.25) is 0 Å². The van der Waals surface area contributed by atoms with Gasteiger partial charge in [0.1, 0.15) is 18.0 Å². The van der Waals surface area contributed by atoms with Crippen molar-refractivity contribution in [1.82, 2.24) is 9.97 Å². The number of carbonyl (C=O) groups excluding carboxylic acids is 1. The highest BCUT2D eigenvalue weighted by Gasteiger charge is 2.08. The van der Waals surface area contributed by atoms with Crippen LogP contribution in [0, 0.1) is 0 Å². The molecule has 1 heterocycles. The molecule has 1 rings (SSSR count). The number of carbonyl (C=O) groups is 1. The van der Waals surface area contributed by atoms with Crippen LogP contribution in [0.25, 0.3) is 0 Å². The van der Waals surface area contributed by atoms with E-state index in [9.17, 15) is 4.79 Å². The molecule has 1 aromatic heterocycles. The summed E-state index contributed by atoms with van der Waals surface area (Å²) in [5, 5.41) is 0. The van der Waals surface area contributed by atoms with E-state index in [1.807, 2.05) is 30.0 Å². The normalized spacial score (nSPS) is 10.0. The standard InChI is InChI=1S/C12H20N4O2/c1-5-15(2)10-8-11(14-9-13-10)16(3)7-6-12(17)18-4/h8-9H,5-7H2,1-4H3. The van der Waals surface area contributed by atoms with Crippen LogP contribution in [0.3, 0.4) is 0 Å². The predicted octanol–water partition coefficient (Wildman–Crippen LogP) is 0.932. The second kappa shape index (κ2) is 6.78. The van der Waals surface area contributed by atoms with E-state index >= 15 is 0 Å². The van der Waals surface area contributed by atoms with Gasteiger partial charge in [-0.15, -0.1) is 0 Å². The minimum atomic E-state index is -0.221. The van der Waals surface area contributed by atoms with Crippen LogP contribution in [-0.2, 0) is 9.53 Å². The average molecular weight is 252 g/mol. The van der Waals surface area contributed by atoms with Crippen LogP contribution in [0.4, 0.5) is 11.6 Å². The van der Waals surface area contributed by atoms with Crippen molar-refractivity contribution in [3.05, 3.63) is 12.4 Å². The molecule has 0 atom stereocenters. The number of rotatable bonds is 6. The van der Waals surface area contributed by atoms with E-state index in [1.165, 1.54) is 13.4 Å². The van der Waals surface area contributed by atoms with Gasteiger partial charge in [-0.2, -0.15) is 0 Å². The quantitative estimate of drug-likeness (QED) is 0.702. The Kier molecular flexibility index (Phi) is 5.35. The van der Waals surface area contributed by atoms with Gasteiger partial charge in [0.15, 0.2) is 0 Å². The maximum absolute atomic E-state index is 11.1. The smallest absolute Gasteiger partial charge is 0.307 e. The molecule has 0 amide bonds. The van der Waals surface area contributed by atoms with Gasteiger partial charge in [-0.25, -0.2) is 9.97 Å². The summed E-state index contributed by atoms with van der Waals surface area (Å²) in [6, 6.07) is 1.90. The maximum Gasteiger partial charge on any atom is 0.307 e. The second-order valence-electron chi connectivity index (χ2n) is 4.00. The van der Waals surface area contributed by atoms with Gasteiger partial charge in [0.25, 0.3) is 0 Å². The number of nitrogens with zero attached hydrogens (tertiary/aromatic N) is 4. The first-order chi connectivity index (χ1) is 8.58. The van der Waals surface area contributed by atoms with Gasteiger partial charge in [0.2, 0.25) is 0 Å². The Labute approximate surface area is 108 Å². The van der Waals surface area contributed by atoms with E-state index in [0.29, 0.717) is 13.0 Å². The molecule has 0 aliphatic heterocycles. The van der Waals surface area contributed by atoms with Crippen molar-refractivity contribution < 1.29 is 9.53 Å². The van der Waals surface area contributed by atoms with Crippen molar-refractivity contribution in [2.45, 2.75) is 13.3 Å². The molecule has 0 unspecified atom stereocenters. The average Bonchev–Trinajstić information content (AvgIpc) is 2.43. The zero-order valence-corrected chi connectivity index (χ0v) is 11.4. The molecule has 0 radical (unpaired) electrons. The molecule has 0 aromatic carbocycles. The molecule has 6 nitrogen and oxygen atoms in total. The Balaban J connectivity index is 2.68. The topological polar surface area (TPSA) is 58.6 Å². The molecule has 0 spiro atoms. The van der Waals surface area contributed by atoms with E-state index < -0.39 is 0 Å². The van der Waals surface area contributed by atoms with Crippen LogP contribution in [0.5, 0.6) is 0 Å². The fourth-order valence-corrected chi connectivity index (χ4v) is 1.39. The van der Waals surface area contributed by atoms with Gasteiger partial charge in [-0.05, 0) is 6.92 Å². The SMILES string of the molecule is CCN(C)c1cc(N(C)CCC(=O)OC)ncn1. The molecular weight excluding hydrogens is 232 g/mol. The minimum absolute atomic E-state index is 0.221. The second-order valence-corrected chi connectivity index (χ2v) is 4.00. The van der Waals surface area contributed by atoms with Gasteiger partial charge in [0, 0.05) is 33.3 Å². The number of esters is 1. The van der Waals surface area contributed by atoms with E-state index in [1.54, 1.807) is 0 Å². The lowest BCUT2D eigenvalue weighted by Crippen LogP contribution is -2.24. The minimum Gasteiger partial charge on any atom is -0.469 e. The number of ether oxygens (including phenoxy) is 1. The molecule has 0 saturated carbocycles. The Bertz CT molecular complexity index is 397. The first kappa shape index (κ1) is 14.2. The third-order valence-electron chi connectivity index (χ3n) is 2.77. The third-order valence-corrected chi connectivity index (χ3v) is 2.77. The summed E-state index contributed by atoms with van der Waals surface area (Å²) >= 11 is 0. The molecule has 0 aliphatic carbocycles. The Morgan fingerprint density at radius 1 is 1.28 bits per heavy atom. The Morgan fingerprint density at radius 2 is 1.89 bits per heavy atom. The van der Waals surface area contributed by atoms with E-state index in [4.69, 9.17) is 0 Å². The highest BCUT2D eigenvalue weighted by Crippen LogP contribution is 2.15. The first-order valence-corrected chi connectivity index (χ1v) is 5.89. The lowest BCUT2D eigenvalue weighted by Gasteiger charge is -2.20. The highest BCUT2D eigenvalue weighted by molar-refractivity contribution is 5.69. The monoisotopic (exact) mass is 252 g/mol. The van der Waals surface area contributed by atoms with Crippen molar-refractivity contribution in [2.75, 3.05) is 44.1 Å². The zero-order chi connectivity index (χ0) is 13.5. The summed E-state index contributed by atoms with van der Waals surface area (Å²) in [5.74, 6) is 1.44. The fourth-order valence-electron chi connectivity index (χ4n) is 1.39. The molecule has 0 fully saturated rings. The Hall–Kier alpha value is -1.85. The maximum atomic E-state index is 11.1. The summed E-state index contributed by atoms with van der Waals surface area (Å²) < 4.78 is 4.61. The van der Waals surface area contributed by atoms with Crippen LogP contribution in [0.15, 0.2) is 12.4 Å². The van der Waals surface area contributed by atoms with Gasteiger partial charge in [0.05, 0.1) is 13.5 Å². The van der Waals surface area contributed by atoms with Crippen molar-refractivity contribution in [2.24, 2.45) is 0 Å². The number of aromatic nitrogens is 2. The van der Waals surface area contributed by atoms with E-state index in [2.05, 4.69) is 21.6 Å². The summed E-state index contributed by atoms with van der Waals surface area (Å²) in [6.45, 7) is 3.50. The van der Waals surface area contributed by atoms with Crippen LogP contribution >= 0.6 is 0 Å². The molecule has 0 saturated heterocycles. The number of methoxy groups -OCH3 is 1. The van der Waals surface area contributed by atoms with Crippen LogP contribution < -0.4 is 9.80 Å². The predicted molar refractivity (Wildman–Crippen MR) is 70.9 cm³/mol. The zero-order valence-electron chi connectivity index (χ0n) is 11.4. The molecule has 1 aromatic rings. The van der Waals surface area contributed by atoms with Gasteiger partial charge < -0.3 is 14.5 Å². The summed E-state index contributed by atoms with van der Waals surface area (Å²) in [5.41, 5.74) is 0. The van der Waals surface area contributed by atoms with Crippen molar-refractivity contribution in [1.29, 1.82) is 0 Å². The van der Waals surface area contributed by atoms with Gasteiger partial charge in [-0.3, -0.25) is 4.79 Å². The number of hydrogen-bond acceptors (Lipinski definition) is 6. The lowest BCUT2D eigenvalue weighted by molar-refractivity contribution is -0.140. The molecule has 0 N–H and O–H groups in total. The van der Waals surface area contributed by atoms with Gasteiger partial charge >= 0.3 is 5.97 Å².